The molecule has 0 aromatic heterocycles. The van der Waals surface area contributed by atoms with Crippen LogP contribution in [-0.4, -0.2) is 45.5 Å². The van der Waals surface area contributed by atoms with Crippen molar-refractivity contribution < 1.29 is 90.7 Å². The third-order valence-corrected chi connectivity index (χ3v) is 0. The fraction of sp³-hybridized carbons (Fsp3) is 0. The predicted molar refractivity (Wildman–Crippen MR) is 5.75 cm³/mol. The van der Waals surface area contributed by atoms with E-state index in [9.17, 15) is 0 Å². The van der Waals surface area contributed by atoms with Crippen LogP contribution in [0.2, 0.25) is 0 Å². The first-order valence-corrected chi connectivity index (χ1v) is 0. The first kappa shape index (κ1) is 23.6. The van der Waals surface area contributed by atoms with Crippen molar-refractivity contribution in [2.75, 3.05) is 0 Å². The molecule has 5 radical (unpaired) electrons. The van der Waals surface area contributed by atoms with Crippen LogP contribution in [0.1, 0.15) is 0 Å². The van der Waals surface area contributed by atoms with Crippen LogP contribution in [0.3, 0.4) is 0 Å². The molecule has 0 amide bonds. The van der Waals surface area contributed by atoms with E-state index in [2.05, 4.69) is 0 Å². The van der Waals surface area contributed by atoms with E-state index in [1.54, 1.807) is 0 Å². The average Bonchev–Trinajstić information content (AvgIpc) is 0. The van der Waals surface area contributed by atoms with E-state index < -0.39 is 0 Å². The topological polar surface area (TPSA) is 0 Å². The summed E-state index contributed by atoms with van der Waals surface area (Å²) < 4.78 is 0. The van der Waals surface area contributed by atoms with E-state index >= 15 is 0 Å². The standard InChI is InChI=1S/La.Sr.Ta.Y. The van der Waals surface area contributed by atoms with Crippen LogP contribution < -0.4 is 0 Å². The predicted octanol–water partition coefficient (Wildman–Crippen LogP) is -0.386. The summed E-state index contributed by atoms with van der Waals surface area (Å²) in [6, 6.07) is 0. The molecule has 4 heavy (non-hydrogen) atoms. The molecule has 0 saturated heterocycles. The second-order valence-corrected chi connectivity index (χ2v) is 0. The molecule has 0 aromatic carbocycles. The van der Waals surface area contributed by atoms with Crippen molar-refractivity contribution in [3.63, 3.8) is 0 Å². The van der Waals surface area contributed by atoms with Gasteiger partial charge in [0.1, 0.15) is 0 Å². The molecule has 0 spiro atoms. The molecule has 0 saturated carbocycles. The minimum Gasteiger partial charge on any atom is 0 e. The quantitative estimate of drug-likeness (QED) is 0.402. The summed E-state index contributed by atoms with van der Waals surface area (Å²) in [7, 11) is 0. The molecule has 0 unspecified atom stereocenters. The van der Waals surface area contributed by atoms with E-state index in [1.165, 1.54) is 0 Å². The van der Waals surface area contributed by atoms with Crippen molar-refractivity contribution in [3.05, 3.63) is 0 Å². The summed E-state index contributed by atoms with van der Waals surface area (Å²) in [5, 5.41) is 0. The van der Waals surface area contributed by atoms with Crippen LogP contribution in [0.4, 0.5) is 0 Å². The largest absolute Gasteiger partial charge is 0 e. The molecule has 4 heteroatoms. The molecule has 0 aromatic rings. The summed E-state index contributed by atoms with van der Waals surface area (Å²) >= 11 is 0. The molecule has 0 N–H and O–H groups in total. The molecule has 0 aliphatic rings. The molecule has 0 bridgehead atoms. The number of rotatable bonds is 0. The van der Waals surface area contributed by atoms with E-state index in [0.29, 0.717) is 0 Å². The zero-order valence-corrected chi connectivity index (χ0v) is 15.5. The summed E-state index contributed by atoms with van der Waals surface area (Å²) in [6.07, 6.45) is 0. The Morgan fingerprint density at radius 1 is 1.00 bits per heavy atom. The summed E-state index contributed by atoms with van der Waals surface area (Å²) in [6.45, 7) is 0. The molecule has 0 nitrogen and oxygen atoms in total. The third kappa shape index (κ3) is 9.72. The van der Waals surface area contributed by atoms with Gasteiger partial charge in [0, 0.05) is 136 Å². The Kier molecular flexibility index (Phi) is 92.3. The zero-order chi connectivity index (χ0) is 0. The van der Waals surface area contributed by atoms with Crippen molar-refractivity contribution in [2.45, 2.75) is 0 Å². The SMILES string of the molecule is [La].[Sr].[Ta].[Y]. The van der Waals surface area contributed by atoms with Gasteiger partial charge in [-0.2, -0.15) is 0 Å². The normalized spacial score (nSPS) is 0. The Balaban J connectivity index is 0. The monoisotopic (exact) mass is 497 g/mol. The maximum atomic E-state index is 0. The number of hydrogen-bond donors (Lipinski definition) is 0. The van der Waals surface area contributed by atoms with Crippen LogP contribution in [0.25, 0.3) is 0 Å². The second-order valence-electron chi connectivity index (χ2n) is 0. The van der Waals surface area contributed by atoms with Gasteiger partial charge in [0.15, 0.2) is 0 Å². The molecule has 0 heterocycles. The Morgan fingerprint density at radius 3 is 1.00 bits per heavy atom. The van der Waals surface area contributed by atoms with Gasteiger partial charge in [0.05, 0.1) is 0 Å². The Hall–Kier alpha value is 4.52. The van der Waals surface area contributed by atoms with Crippen molar-refractivity contribution >= 4 is 45.5 Å². The van der Waals surface area contributed by atoms with Gasteiger partial charge in [0.2, 0.25) is 0 Å². The van der Waals surface area contributed by atoms with Gasteiger partial charge in [-0.15, -0.1) is 0 Å². The number of hydrogen-bond acceptors (Lipinski definition) is 0. The van der Waals surface area contributed by atoms with Gasteiger partial charge < -0.3 is 0 Å². The first-order valence-electron chi connectivity index (χ1n) is 0. The van der Waals surface area contributed by atoms with Crippen LogP contribution in [0.5, 0.6) is 0 Å². The molecule has 0 aliphatic carbocycles. The minimum absolute atomic E-state index is 0. The first-order chi connectivity index (χ1) is 0. The molecular weight excluding hydrogens is 496 g/mol. The summed E-state index contributed by atoms with van der Waals surface area (Å²) in [4.78, 5) is 0. The van der Waals surface area contributed by atoms with Crippen molar-refractivity contribution in [1.29, 1.82) is 0 Å². The van der Waals surface area contributed by atoms with Crippen LogP contribution in [0.15, 0.2) is 0 Å². The van der Waals surface area contributed by atoms with Crippen molar-refractivity contribution in [2.24, 2.45) is 0 Å². The molecule has 0 rings (SSSR count). The molecule has 0 aliphatic heterocycles. The maximum absolute atomic E-state index is 0. The minimum atomic E-state index is 0. The summed E-state index contributed by atoms with van der Waals surface area (Å²) in [5.41, 5.74) is 0. The Bertz CT molecular complexity index is 8.00. The van der Waals surface area contributed by atoms with Gasteiger partial charge in [-0.25, -0.2) is 0 Å². The summed E-state index contributed by atoms with van der Waals surface area (Å²) in [5.74, 6) is 0. The van der Waals surface area contributed by atoms with Crippen LogP contribution >= 0.6 is 0 Å². The van der Waals surface area contributed by atoms with E-state index in [4.69, 9.17) is 0 Å². The van der Waals surface area contributed by atoms with E-state index in [-0.39, 0.29) is 136 Å². The Labute approximate surface area is 132 Å². The zero-order valence-electron chi connectivity index (χ0n) is 2.31. The average molecular weight is 496 g/mol. The molecule has 0 fully saturated rings. The van der Waals surface area contributed by atoms with Crippen molar-refractivity contribution in [3.8, 4) is 0 Å². The molecule has 13 valence electrons. The third-order valence-electron chi connectivity index (χ3n) is 0. The fourth-order valence-corrected chi connectivity index (χ4v) is 0. The maximum Gasteiger partial charge on any atom is 0 e. The van der Waals surface area contributed by atoms with E-state index in [0.717, 1.165) is 0 Å². The van der Waals surface area contributed by atoms with E-state index in [1.807, 2.05) is 0 Å². The second kappa shape index (κ2) is 15.6. The van der Waals surface area contributed by atoms with Crippen molar-refractivity contribution in [1.82, 2.24) is 0 Å². The Morgan fingerprint density at radius 2 is 1.00 bits per heavy atom. The van der Waals surface area contributed by atoms with Gasteiger partial charge in [-0.3, -0.25) is 0 Å². The van der Waals surface area contributed by atoms with Crippen LogP contribution in [0, 0.1) is 35.6 Å². The van der Waals surface area contributed by atoms with Crippen LogP contribution in [-0.2, 0) is 55.1 Å². The molecule has 0 atom stereocenters. The van der Waals surface area contributed by atoms with Gasteiger partial charge in [-0.05, 0) is 0 Å². The smallest absolute Gasteiger partial charge is 0 e. The molecular formula is LaSrTaY. The van der Waals surface area contributed by atoms with Gasteiger partial charge >= 0.3 is 0 Å². The fourth-order valence-electron chi connectivity index (χ4n) is 0. The van der Waals surface area contributed by atoms with Gasteiger partial charge in [0.25, 0.3) is 0 Å². The van der Waals surface area contributed by atoms with Gasteiger partial charge in [-0.1, -0.05) is 0 Å².